The van der Waals surface area contributed by atoms with Crippen LogP contribution in [0.1, 0.15) is 44.9 Å². The molecule has 0 aromatic carbocycles. The van der Waals surface area contributed by atoms with Crippen molar-refractivity contribution in [2.75, 3.05) is 7.11 Å². The minimum absolute atomic E-state index is 0.527. The van der Waals surface area contributed by atoms with Crippen LogP contribution in [-0.4, -0.2) is 25.3 Å². The third-order valence-corrected chi connectivity index (χ3v) is 3.54. The Balaban J connectivity index is 1.70. The summed E-state index contributed by atoms with van der Waals surface area (Å²) >= 11 is 0. The maximum atomic E-state index is 5.37. The average Bonchev–Trinajstić information content (AvgIpc) is 2.76. The molecular formula is C11H21NO. The van der Waals surface area contributed by atoms with E-state index in [1.807, 2.05) is 7.11 Å². The van der Waals surface area contributed by atoms with Crippen LogP contribution in [0.25, 0.3) is 0 Å². The van der Waals surface area contributed by atoms with Crippen LogP contribution in [0, 0.1) is 0 Å². The van der Waals surface area contributed by atoms with Crippen molar-refractivity contribution in [2.24, 2.45) is 0 Å². The van der Waals surface area contributed by atoms with Crippen LogP contribution in [0.4, 0.5) is 0 Å². The SMILES string of the molecule is COC1CCC(NC2CCCC2)C1. The standard InChI is InChI=1S/C11H21NO/c1-13-11-7-6-10(8-11)12-9-4-2-3-5-9/h9-12H,2-8H2,1H3. The fourth-order valence-electron chi connectivity index (χ4n) is 2.73. The highest BCUT2D eigenvalue weighted by atomic mass is 16.5. The van der Waals surface area contributed by atoms with Gasteiger partial charge in [-0.05, 0) is 32.1 Å². The quantitative estimate of drug-likeness (QED) is 0.723. The molecule has 0 aromatic rings. The zero-order chi connectivity index (χ0) is 9.10. The molecule has 2 aliphatic rings. The molecule has 0 saturated heterocycles. The first kappa shape index (κ1) is 9.47. The Labute approximate surface area is 81.0 Å². The fraction of sp³-hybridized carbons (Fsp3) is 1.00. The molecule has 2 nitrogen and oxygen atoms in total. The monoisotopic (exact) mass is 183 g/mol. The van der Waals surface area contributed by atoms with E-state index in [9.17, 15) is 0 Å². The molecule has 2 saturated carbocycles. The second-order valence-electron chi connectivity index (χ2n) is 4.52. The van der Waals surface area contributed by atoms with Crippen molar-refractivity contribution < 1.29 is 4.74 Å². The maximum absolute atomic E-state index is 5.37. The van der Waals surface area contributed by atoms with Crippen LogP contribution in [0.3, 0.4) is 0 Å². The van der Waals surface area contributed by atoms with Crippen molar-refractivity contribution in [2.45, 2.75) is 63.1 Å². The minimum Gasteiger partial charge on any atom is -0.381 e. The van der Waals surface area contributed by atoms with Gasteiger partial charge >= 0.3 is 0 Å². The van der Waals surface area contributed by atoms with Crippen LogP contribution in [0.5, 0.6) is 0 Å². The molecule has 2 fully saturated rings. The highest BCUT2D eigenvalue weighted by Gasteiger charge is 2.27. The van der Waals surface area contributed by atoms with E-state index in [1.54, 1.807) is 0 Å². The zero-order valence-corrected chi connectivity index (χ0v) is 8.59. The third kappa shape index (κ3) is 2.44. The Bertz CT molecular complexity index is 154. The Morgan fingerprint density at radius 1 is 1.00 bits per heavy atom. The van der Waals surface area contributed by atoms with Gasteiger partial charge in [0, 0.05) is 19.2 Å². The average molecular weight is 183 g/mol. The van der Waals surface area contributed by atoms with E-state index in [4.69, 9.17) is 4.74 Å². The third-order valence-electron chi connectivity index (χ3n) is 3.54. The van der Waals surface area contributed by atoms with Gasteiger partial charge in [-0.1, -0.05) is 12.8 Å². The summed E-state index contributed by atoms with van der Waals surface area (Å²) in [6, 6.07) is 1.56. The van der Waals surface area contributed by atoms with Gasteiger partial charge in [-0.3, -0.25) is 0 Å². The van der Waals surface area contributed by atoms with Crippen molar-refractivity contribution >= 4 is 0 Å². The summed E-state index contributed by atoms with van der Waals surface area (Å²) in [7, 11) is 1.84. The Kier molecular flexibility index (Phi) is 3.23. The molecule has 1 N–H and O–H groups in total. The smallest absolute Gasteiger partial charge is 0.0586 e. The van der Waals surface area contributed by atoms with Gasteiger partial charge in [-0.2, -0.15) is 0 Å². The van der Waals surface area contributed by atoms with E-state index in [-0.39, 0.29) is 0 Å². The van der Waals surface area contributed by atoms with Crippen molar-refractivity contribution in [1.82, 2.24) is 5.32 Å². The molecule has 2 heteroatoms. The van der Waals surface area contributed by atoms with Gasteiger partial charge in [-0.15, -0.1) is 0 Å². The van der Waals surface area contributed by atoms with Crippen molar-refractivity contribution in [3.63, 3.8) is 0 Å². The molecule has 0 bridgehead atoms. The minimum atomic E-state index is 0.527. The zero-order valence-electron chi connectivity index (χ0n) is 8.59. The molecule has 0 aromatic heterocycles. The second kappa shape index (κ2) is 4.43. The molecule has 0 radical (unpaired) electrons. The lowest BCUT2D eigenvalue weighted by atomic mass is 10.2. The van der Waals surface area contributed by atoms with E-state index in [0.717, 1.165) is 12.1 Å². The molecule has 2 aliphatic carbocycles. The predicted molar refractivity (Wildman–Crippen MR) is 53.8 cm³/mol. The lowest BCUT2D eigenvalue weighted by Gasteiger charge is -2.18. The van der Waals surface area contributed by atoms with E-state index in [2.05, 4.69) is 5.32 Å². The van der Waals surface area contributed by atoms with Crippen LogP contribution in [0.15, 0.2) is 0 Å². The van der Waals surface area contributed by atoms with E-state index in [0.29, 0.717) is 6.10 Å². The summed E-state index contributed by atoms with van der Waals surface area (Å²) < 4.78 is 5.37. The number of ether oxygens (including phenoxy) is 1. The molecule has 13 heavy (non-hydrogen) atoms. The number of rotatable bonds is 3. The van der Waals surface area contributed by atoms with Crippen LogP contribution < -0.4 is 5.32 Å². The predicted octanol–water partition coefficient (Wildman–Crippen LogP) is 2.09. The first-order valence-corrected chi connectivity index (χ1v) is 5.67. The highest BCUT2D eigenvalue weighted by Crippen LogP contribution is 2.25. The number of methoxy groups -OCH3 is 1. The molecule has 0 aliphatic heterocycles. The summed E-state index contributed by atoms with van der Waals surface area (Å²) in [5, 5.41) is 3.76. The molecular weight excluding hydrogens is 162 g/mol. The molecule has 0 spiro atoms. The topological polar surface area (TPSA) is 21.3 Å². The molecule has 2 atom stereocenters. The summed E-state index contributed by atoms with van der Waals surface area (Å²) in [5.41, 5.74) is 0. The number of nitrogens with one attached hydrogen (secondary N) is 1. The summed E-state index contributed by atoms with van der Waals surface area (Å²) in [4.78, 5) is 0. The van der Waals surface area contributed by atoms with Crippen LogP contribution >= 0.6 is 0 Å². The van der Waals surface area contributed by atoms with Crippen molar-refractivity contribution in [3.05, 3.63) is 0 Å². The summed E-state index contributed by atoms with van der Waals surface area (Å²) in [5.74, 6) is 0. The second-order valence-corrected chi connectivity index (χ2v) is 4.52. The van der Waals surface area contributed by atoms with Gasteiger partial charge in [0.2, 0.25) is 0 Å². The van der Waals surface area contributed by atoms with Gasteiger partial charge in [0.15, 0.2) is 0 Å². The van der Waals surface area contributed by atoms with Crippen LogP contribution in [-0.2, 0) is 4.74 Å². The van der Waals surface area contributed by atoms with E-state index >= 15 is 0 Å². The maximum Gasteiger partial charge on any atom is 0.0586 e. The first-order chi connectivity index (χ1) is 6.38. The van der Waals surface area contributed by atoms with Gasteiger partial charge in [0.25, 0.3) is 0 Å². The summed E-state index contributed by atoms with van der Waals surface area (Å²) in [6.45, 7) is 0. The Morgan fingerprint density at radius 2 is 1.77 bits per heavy atom. The van der Waals surface area contributed by atoms with E-state index in [1.165, 1.54) is 44.9 Å². The molecule has 2 rings (SSSR count). The number of hydrogen-bond donors (Lipinski definition) is 1. The van der Waals surface area contributed by atoms with Gasteiger partial charge in [0.1, 0.15) is 0 Å². The Hall–Kier alpha value is -0.0800. The Morgan fingerprint density at radius 3 is 2.38 bits per heavy atom. The molecule has 2 unspecified atom stereocenters. The lowest BCUT2D eigenvalue weighted by Crippen LogP contribution is -2.35. The van der Waals surface area contributed by atoms with Gasteiger partial charge < -0.3 is 10.1 Å². The van der Waals surface area contributed by atoms with Gasteiger partial charge in [-0.25, -0.2) is 0 Å². The molecule has 76 valence electrons. The van der Waals surface area contributed by atoms with Crippen molar-refractivity contribution in [3.8, 4) is 0 Å². The normalized spacial score (nSPS) is 35.8. The van der Waals surface area contributed by atoms with Crippen LogP contribution in [0.2, 0.25) is 0 Å². The molecule has 0 heterocycles. The van der Waals surface area contributed by atoms with Crippen molar-refractivity contribution in [1.29, 1.82) is 0 Å². The largest absolute Gasteiger partial charge is 0.381 e. The molecule has 0 amide bonds. The first-order valence-electron chi connectivity index (χ1n) is 5.67. The highest BCUT2D eigenvalue weighted by molar-refractivity contribution is 4.85. The number of hydrogen-bond acceptors (Lipinski definition) is 2. The lowest BCUT2D eigenvalue weighted by molar-refractivity contribution is 0.106. The van der Waals surface area contributed by atoms with E-state index < -0.39 is 0 Å². The van der Waals surface area contributed by atoms with Gasteiger partial charge in [0.05, 0.1) is 6.10 Å². The fourth-order valence-corrected chi connectivity index (χ4v) is 2.73. The summed E-state index contributed by atoms with van der Waals surface area (Å²) in [6.07, 6.45) is 9.97.